The number of hydrogen-bond acceptors (Lipinski definition) is 3. The summed E-state index contributed by atoms with van der Waals surface area (Å²) < 4.78 is 0. The number of likely N-dealkylation sites (tertiary alicyclic amines) is 1. The zero-order valence-corrected chi connectivity index (χ0v) is 16.2. The highest BCUT2D eigenvalue weighted by Gasteiger charge is 2.27. The molecular weight excluding hydrogens is 348 g/mol. The van der Waals surface area contributed by atoms with Crippen LogP contribution in [0.4, 0.5) is 0 Å². The van der Waals surface area contributed by atoms with Crippen LogP contribution in [0.15, 0.2) is 52.3 Å². The number of likely N-dealkylation sites (N-methyl/N-ethyl adjacent to an activating group) is 1. The zero-order valence-electron chi connectivity index (χ0n) is 14.7. The van der Waals surface area contributed by atoms with Crippen molar-refractivity contribution >= 4 is 23.4 Å². The highest BCUT2D eigenvalue weighted by molar-refractivity contribution is 7.99. The van der Waals surface area contributed by atoms with E-state index in [2.05, 4.69) is 53.5 Å². The second kappa shape index (κ2) is 7.71. The van der Waals surface area contributed by atoms with Gasteiger partial charge in [-0.25, -0.2) is 0 Å². The van der Waals surface area contributed by atoms with Crippen molar-refractivity contribution in [1.29, 1.82) is 0 Å². The average molecular weight is 373 g/mol. The first-order chi connectivity index (χ1) is 12.2. The summed E-state index contributed by atoms with van der Waals surface area (Å²) >= 11 is 8.16. The normalized spacial score (nSPS) is 23.6. The van der Waals surface area contributed by atoms with E-state index in [-0.39, 0.29) is 0 Å². The lowest BCUT2D eigenvalue weighted by atomic mass is 9.96. The fourth-order valence-electron chi connectivity index (χ4n) is 4.03. The molecule has 2 aliphatic rings. The zero-order chi connectivity index (χ0) is 17.2. The van der Waals surface area contributed by atoms with Gasteiger partial charge in [-0.1, -0.05) is 48.5 Å². The van der Waals surface area contributed by atoms with Crippen LogP contribution in [0.25, 0.3) is 0 Å². The van der Waals surface area contributed by atoms with Gasteiger partial charge in [0.2, 0.25) is 0 Å². The first kappa shape index (κ1) is 17.4. The van der Waals surface area contributed by atoms with Gasteiger partial charge >= 0.3 is 0 Å². The predicted octanol–water partition coefficient (Wildman–Crippen LogP) is 5.16. The summed E-state index contributed by atoms with van der Waals surface area (Å²) in [6.45, 7) is 5.81. The van der Waals surface area contributed by atoms with Gasteiger partial charge in [-0.05, 0) is 67.7 Å². The van der Waals surface area contributed by atoms with Gasteiger partial charge in [0.05, 0.1) is 0 Å². The van der Waals surface area contributed by atoms with Crippen molar-refractivity contribution < 1.29 is 0 Å². The molecule has 4 rings (SSSR count). The minimum atomic E-state index is 0.352. The summed E-state index contributed by atoms with van der Waals surface area (Å²) in [4.78, 5) is 5.26. The van der Waals surface area contributed by atoms with Gasteiger partial charge in [0.25, 0.3) is 0 Å². The maximum absolute atomic E-state index is 6.28. The summed E-state index contributed by atoms with van der Waals surface area (Å²) in [6, 6.07) is 16.1. The highest BCUT2D eigenvalue weighted by Crippen LogP contribution is 2.41. The Morgan fingerprint density at radius 1 is 1.20 bits per heavy atom. The van der Waals surface area contributed by atoms with Gasteiger partial charge in [0.15, 0.2) is 0 Å². The Balaban J connectivity index is 1.63. The topological polar surface area (TPSA) is 15.3 Å². The van der Waals surface area contributed by atoms with E-state index in [0.717, 1.165) is 24.5 Å². The molecule has 25 heavy (non-hydrogen) atoms. The van der Waals surface area contributed by atoms with E-state index in [4.69, 9.17) is 11.6 Å². The molecule has 2 heterocycles. The standard InChI is InChI=1S/C21H25ClN2S/c1-2-24-11-5-6-17(14-24)23-19-13-15-12-16(22)9-10-20(15)25-21-8-4-3-7-18(19)21/h3-4,7-10,12,17,19,23H,2,5-6,11,13-14H2,1H3. The van der Waals surface area contributed by atoms with Gasteiger partial charge in [0.1, 0.15) is 0 Å². The minimum Gasteiger partial charge on any atom is -0.306 e. The second-order valence-corrected chi connectivity index (χ2v) is 8.57. The van der Waals surface area contributed by atoms with Gasteiger partial charge in [0, 0.05) is 33.4 Å². The number of benzene rings is 2. The second-order valence-electron chi connectivity index (χ2n) is 7.05. The van der Waals surface area contributed by atoms with E-state index in [1.54, 1.807) is 0 Å². The van der Waals surface area contributed by atoms with Crippen LogP contribution >= 0.6 is 23.4 Å². The van der Waals surface area contributed by atoms with Crippen LogP contribution in [0.3, 0.4) is 0 Å². The molecule has 2 atom stereocenters. The molecule has 0 aromatic heterocycles. The number of nitrogens with one attached hydrogen (secondary N) is 1. The molecule has 0 radical (unpaired) electrons. The molecule has 2 aromatic carbocycles. The lowest BCUT2D eigenvalue weighted by Crippen LogP contribution is -2.47. The Morgan fingerprint density at radius 2 is 2.08 bits per heavy atom. The fourth-order valence-corrected chi connectivity index (χ4v) is 5.34. The predicted molar refractivity (Wildman–Crippen MR) is 107 cm³/mol. The first-order valence-corrected chi connectivity index (χ1v) is 10.5. The van der Waals surface area contributed by atoms with Crippen molar-refractivity contribution in [3.05, 3.63) is 58.6 Å². The van der Waals surface area contributed by atoms with Crippen molar-refractivity contribution in [2.75, 3.05) is 19.6 Å². The largest absolute Gasteiger partial charge is 0.306 e. The summed E-state index contributed by atoms with van der Waals surface area (Å²) in [5, 5.41) is 4.81. The quantitative estimate of drug-likeness (QED) is 0.800. The van der Waals surface area contributed by atoms with Crippen LogP contribution in [0.5, 0.6) is 0 Å². The third-order valence-electron chi connectivity index (χ3n) is 5.35. The van der Waals surface area contributed by atoms with Gasteiger partial charge in [-0.2, -0.15) is 0 Å². The Labute approximate surface area is 159 Å². The maximum atomic E-state index is 6.28. The molecule has 2 nitrogen and oxygen atoms in total. The molecule has 0 amide bonds. The van der Waals surface area contributed by atoms with Crippen molar-refractivity contribution in [1.82, 2.24) is 10.2 Å². The summed E-state index contributed by atoms with van der Waals surface area (Å²) in [5.74, 6) is 0. The van der Waals surface area contributed by atoms with Crippen molar-refractivity contribution in [3.63, 3.8) is 0 Å². The lowest BCUT2D eigenvalue weighted by Gasteiger charge is -2.35. The maximum Gasteiger partial charge on any atom is 0.0409 e. The third-order valence-corrected chi connectivity index (χ3v) is 6.80. The molecular formula is C21H25ClN2S. The molecule has 0 bridgehead atoms. The molecule has 1 fully saturated rings. The number of piperidine rings is 1. The summed E-state index contributed by atoms with van der Waals surface area (Å²) in [5.41, 5.74) is 2.78. The molecule has 2 aliphatic heterocycles. The molecule has 1 saturated heterocycles. The highest BCUT2D eigenvalue weighted by atomic mass is 35.5. The molecule has 2 aromatic rings. The third kappa shape index (κ3) is 3.90. The molecule has 0 saturated carbocycles. The van der Waals surface area contributed by atoms with Gasteiger partial charge in [-0.15, -0.1) is 0 Å². The number of rotatable bonds is 3. The van der Waals surface area contributed by atoms with Crippen molar-refractivity contribution in [2.24, 2.45) is 0 Å². The molecule has 4 heteroatoms. The monoisotopic (exact) mass is 372 g/mol. The Morgan fingerprint density at radius 3 is 2.96 bits per heavy atom. The van der Waals surface area contributed by atoms with E-state index in [9.17, 15) is 0 Å². The van der Waals surface area contributed by atoms with E-state index < -0.39 is 0 Å². The van der Waals surface area contributed by atoms with E-state index >= 15 is 0 Å². The minimum absolute atomic E-state index is 0.352. The average Bonchev–Trinajstić information content (AvgIpc) is 2.78. The number of hydrogen-bond donors (Lipinski definition) is 1. The number of halogens is 1. The van der Waals surface area contributed by atoms with Gasteiger partial charge in [-0.3, -0.25) is 0 Å². The number of fused-ring (bicyclic) bond motifs is 2. The Hall–Kier alpha value is -1.00. The Bertz CT molecular complexity index is 748. The van der Waals surface area contributed by atoms with Crippen LogP contribution in [0, 0.1) is 0 Å². The van der Waals surface area contributed by atoms with Gasteiger partial charge < -0.3 is 10.2 Å². The van der Waals surface area contributed by atoms with Crippen LogP contribution in [0.1, 0.15) is 36.9 Å². The first-order valence-electron chi connectivity index (χ1n) is 9.26. The molecule has 2 unspecified atom stereocenters. The van der Waals surface area contributed by atoms with Crippen LogP contribution in [0.2, 0.25) is 5.02 Å². The van der Waals surface area contributed by atoms with Crippen molar-refractivity contribution in [2.45, 2.75) is 48.1 Å². The number of nitrogens with zero attached hydrogens (tertiary/aromatic N) is 1. The smallest absolute Gasteiger partial charge is 0.0409 e. The van der Waals surface area contributed by atoms with E-state index in [1.807, 2.05) is 17.8 Å². The summed E-state index contributed by atoms with van der Waals surface area (Å²) in [6.07, 6.45) is 3.56. The van der Waals surface area contributed by atoms with E-state index in [1.165, 1.54) is 40.3 Å². The molecule has 1 N–H and O–H groups in total. The molecule has 0 spiro atoms. The Kier molecular flexibility index (Phi) is 5.37. The van der Waals surface area contributed by atoms with Crippen LogP contribution in [-0.4, -0.2) is 30.6 Å². The van der Waals surface area contributed by atoms with Crippen molar-refractivity contribution in [3.8, 4) is 0 Å². The molecule has 132 valence electrons. The lowest BCUT2D eigenvalue weighted by molar-refractivity contribution is 0.189. The molecule has 0 aliphatic carbocycles. The SMILES string of the molecule is CCN1CCCC(NC2Cc3cc(Cl)ccc3Sc3ccccc32)C1. The fraction of sp³-hybridized carbons (Fsp3) is 0.429. The summed E-state index contributed by atoms with van der Waals surface area (Å²) in [7, 11) is 0. The van der Waals surface area contributed by atoms with Crippen LogP contribution in [-0.2, 0) is 6.42 Å². The van der Waals surface area contributed by atoms with Crippen LogP contribution < -0.4 is 5.32 Å². The van der Waals surface area contributed by atoms with E-state index in [0.29, 0.717) is 12.1 Å².